The van der Waals surface area contributed by atoms with E-state index in [4.69, 9.17) is 0 Å². The normalized spacial score (nSPS) is 19.1. The molecule has 6 heteroatoms. The summed E-state index contributed by atoms with van der Waals surface area (Å²) in [6, 6.07) is 6.11. The number of hydrogen-bond donors (Lipinski definition) is 0. The Labute approximate surface area is 134 Å². The summed E-state index contributed by atoms with van der Waals surface area (Å²) in [5.41, 5.74) is 1.23. The SMILES string of the molecule is Cc1ccccc1C(=O)CN1C(=O)C(=O)N(C2CCCC2)C1=O. The van der Waals surface area contributed by atoms with E-state index in [2.05, 4.69) is 0 Å². The quantitative estimate of drug-likeness (QED) is 0.483. The van der Waals surface area contributed by atoms with E-state index in [1.807, 2.05) is 6.07 Å². The van der Waals surface area contributed by atoms with Gasteiger partial charge in [0.15, 0.2) is 5.78 Å². The first-order chi connectivity index (χ1) is 11.0. The molecule has 120 valence electrons. The molecule has 2 aliphatic rings. The van der Waals surface area contributed by atoms with Crippen LogP contribution in [0.25, 0.3) is 0 Å². The Bertz CT molecular complexity index is 692. The van der Waals surface area contributed by atoms with Gasteiger partial charge < -0.3 is 0 Å². The fraction of sp³-hybridized carbons (Fsp3) is 0.412. The number of carbonyl (C=O) groups is 4. The standard InChI is InChI=1S/C17H18N2O4/c1-11-6-2-5-9-13(11)14(20)10-18-15(21)16(22)19(17(18)23)12-7-3-4-8-12/h2,5-6,9,12H,3-4,7-8,10H2,1H3. The molecule has 0 radical (unpaired) electrons. The van der Waals surface area contributed by atoms with Crippen molar-refractivity contribution in [3.8, 4) is 0 Å². The van der Waals surface area contributed by atoms with Gasteiger partial charge in [0.25, 0.3) is 0 Å². The molecule has 1 aromatic carbocycles. The van der Waals surface area contributed by atoms with Crippen molar-refractivity contribution in [1.82, 2.24) is 9.80 Å². The van der Waals surface area contributed by atoms with Crippen molar-refractivity contribution in [3.05, 3.63) is 35.4 Å². The largest absolute Gasteiger partial charge is 0.334 e. The van der Waals surface area contributed by atoms with Crippen molar-refractivity contribution in [3.63, 3.8) is 0 Å². The second kappa shape index (κ2) is 5.95. The second-order valence-electron chi connectivity index (χ2n) is 6.03. The van der Waals surface area contributed by atoms with Gasteiger partial charge >= 0.3 is 17.8 Å². The fourth-order valence-corrected chi connectivity index (χ4v) is 3.26. The molecule has 1 aromatic rings. The number of hydrogen-bond acceptors (Lipinski definition) is 4. The molecule has 0 N–H and O–H groups in total. The van der Waals surface area contributed by atoms with Crippen LogP contribution in [0.5, 0.6) is 0 Å². The van der Waals surface area contributed by atoms with Crippen LogP contribution in [-0.2, 0) is 9.59 Å². The van der Waals surface area contributed by atoms with Crippen LogP contribution in [-0.4, -0.2) is 46.0 Å². The van der Waals surface area contributed by atoms with Gasteiger partial charge in [0.05, 0.1) is 6.54 Å². The van der Waals surface area contributed by atoms with E-state index in [9.17, 15) is 19.2 Å². The average Bonchev–Trinajstić information content (AvgIpc) is 3.11. The molecule has 1 aliphatic heterocycles. The number of amides is 4. The Hall–Kier alpha value is -2.50. The number of rotatable bonds is 4. The van der Waals surface area contributed by atoms with Gasteiger partial charge in [-0.25, -0.2) is 9.69 Å². The molecule has 2 fully saturated rings. The van der Waals surface area contributed by atoms with E-state index >= 15 is 0 Å². The molecule has 0 atom stereocenters. The minimum Gasteiger partial charge on any atom is -0.292 e. The number of benzene rings is 1. The zero-order valence-electron chi connectivity index (χ0n) is 12.9. The van der Waals surface area contributed by atoms with E-state index in [1.165, 1.54) is 0 Å². The number of aryl methyl sites for hydroxylation is 1. The highest BCUT2D eigenvalue weighted by molar-refractivity contribution is 6.45. The van der Waals surface area contributed by atoms with Crippen LogP contribution in [0.4, 0.5) is 4.79 Å². The number of nitrogens with zero attached hydrogens (tertiary/aromatic N) is 2. The van der Waals surface area contributed by atoms with Crippen molar-refractivity contribution >= 4 is 23.6 Å². The maximum absolute atomic E-state index is 12.4. The minimum absolute atomic E-state index is 0.211. The summed E-state index contributed by atoms with van der Waals surface area (Å²) in [6.45, 7) is 1.40. The lowest BCUT2D eigenvalue weighted by Crippen LogP contribution is -2.41. The highest BCUT2D eigenvalue weighted by Crippen LogP contribution is 2.27. The molecule has 23 heavy (non-hydrogen) atoms. The van der Waals surface area contributed by atoms with Gasteiger partial charge in [0.1, 0.15) is 0 Å². The van der Waals surface area contributed by atoms with Gasteiger partial charge in [0.2, 0.25) is 0 Å². The Balaban J connectivity index is 1.79. The Morgan fingerprint density at radius 2 is 1.74 bits per heavy atom. The van der Waals surface area contributed by atoms with Gasteiger partial charge in [-0.3, -0.25) is 19.3 Å². The summed E-state index contributed by atoms with van der Waals surface area (Å²) in [6.07, 6.45) is 3.34. The van der Waals surface area contributed by atoms with Gasteiger partial charge in [-0.15, -0.1) is 0 Å². The Morgan fingerprint density at radius 3 is 2.39 bits per heavy atom. The highest BCUT2D eigenvalue weighted by Gasteiger charge is 2.48. The molecule has 3 rings (SSSR count). The first kappa shape index (κ1) is 15.4. The molecule has 0 unspecified atom stereocenters. The lowest BCUT2D eigenvalue weighted by Gasteiger charge is -2.20. The molecule has 6 nitrogen and oxygen atoms in total. The highest BCUT2D eigenvalue weighted by atomic mass is 16.2. The third-order valence-corrected chi connectivity index (χ3v) is 4.52. The zero-order chi connectivity index (χ0) is 16.6. The predicted molar refractivity (Wildman–Crippen MR) is 81.7 cm³/mol. The van der Waals surface area contributed by atoms with Crippen molar-refractivity contribution in [2.45, 2.75) is 38.6 Å². The van der Waals surface area contributed by atoms with Crippen molar-refractivity contribution in [2.75, 3.05) is 6.54 Å². The number of ketones is 1. The molecule has 1 saturated heterocycles. The topological polar surface area (TPSA) is 74.8 Å². The van der Waals surface area contributed by atoms with Gasteiger partial charge in [-0.2, -0.15) is 0 Å². The maximum atomic E-state index is 12.4. The van der Waals surface area contributed by atoms with E-state index in [-0.39, 0.29) is 11.8 Å². The lowest BCUT2D eigenvalue weighted by molar-refractivity contribution is -0.143. The zero-order valence-corrected chi connectivity index (χ0v) is 12.9. The van der Waals surface area contributed by atoms with Crippen LogP contribution in [0.1, 0.15) is 41.6 Å². The van der Waals surface area contributed by atoms with E-state index < -0.39 is 24.4 Å². The second-order valence-corrected chi connectivity index (χ2v) is 6.03. The lowest BCUT2D eigenvalue weighted by atomic mass is 10.0. The summed E-state index contributed by atoms with van der Waals surface area (Å²) >= 11 is 0. The summed E-state index contributed by atoms with van der Waals surface area (Å²) in [5.74, 6) is -2.05. The average molecular weight is 314 g/mol. The summed E-state index contributed by atoms with van der Waals surface area (Å²) in [5, 5.41) is 0. The summed E-state index contributed by atoms with van der Waals surface area (Å²) < 4.78 is 0. The number of carbonyl (C=O) groups excluding carboxylic acids is 4. The van der Waals surface area contributed by atoms with Crippen LogP contribution >= 0.6 is 0 Å². The van der Waals surface area contributed by atoms with Crippen LogP contribution in [0.3, 0.4) is 0 Å². The molecule has 0 aromatic heterocycles. The van der Waals surface area contributed by atoms with E-state index in [1.54, 1.807) is 25.1 Å². The number of urea groups is 1. The molecule has 0 bridgehead atoms. The first-order valence-electron chi connectivity index (χ1n) is 7.78. The van der Waals surface area contributed by atoms with Gasteiger partial charge in [-0.1, -0.05) is 37.1 Å². The molecule has 0 spiro atoms. The summed E-state index contributed by atoms with van der Waals surface area (Å²) in [7, 11) is 0. The minimum atomic E-state index is -0.899. The van der Waals surface area contributed by atoms with E-state index in [0.717, 1.165) is 41.0 Å². The van der Waals surface area contributed by atoms with Gasteiger partial charge in [-0.05, 0) is 25.3 Å². The molecular weight excluding hydrogens is 296 g/mol. The van der Waals surface area contributed by atoms with Crippen LogP contribution in [0.2, 0.25) is 0 Å². The Kier molecular flexibility index (Phi) is 3.98. The van der Waals surface area contributed by atoms with Crippen LogP contribution in [0, 0.1) is 6.92 Å². The number of imide groups is 2. The first-order valence-corrected chi connectivity index (χ1v) is 7.78. The van der Waals surface area contributed by atoms with Crippen molar-refractivity contribution in [1.29, 1.82) is 0 Å². The third kappa shape index (κ3) is 2.65. The van der Waals surface area contributed by atoms with Crippen molar-refractivity contribution in [2.24, 2.45) is 0 Å². The molecule has 1 saturated carbocycles. The fourth-order valence-electron chi connectivity index (χ4n) is 3.26. The summed E-state index contributed by atoms with van der Waals surface area (Å²) in [4.78, 5) is 50.8. The monoisotopic (exact) mass is 314 g/mol. The molecule has 1 aliphatic carbocycles. The predicted octanol–water partition coefficient (Wildman–Crippen LogP) is 1.91. The molecular formula is C17H18N2O4. The number of Topliss-reactive ketones (excluding diaryl/α,β-unsaturated/α-hetero) is 1. The van der Waals surface area contributed by atoms with Crippen molar-refractivity contribution < 1.29 is 19.2 Å². The molecule has 4 amide bonds. The van der Waals surface area contributed by atoms with Crippen LogP contribution in [0.15, 0.2) is 24.3 Å². The maximum Gasteiger partial charge on any atom is 0.334 e. The van der Waals surface area contributed by atoms with E-state index in [0.29, 0.717) is 5.56 Å². The Morgan fingerprint density at radius 1 is 1.09 bits per heavy atom. The van der Waals surface area contributed by atoms with Gasteiger partial charge in [0, 0.05) is 11.6 Å². The molecule has 1 heterocycles. The van der Waals surface area contributed by atoms with Crippen LogP contribution < -0.4 is 0 Å². The third-order valence-electron chi connectivity index (χ3n) is 4.52. The smallest absolute Gasteiger partial charge is 0.292 e.